The number of likely N-dealkylation sites (N-methyl/N-ethyl adjacent to an activating group) is 1. The third kappa shape index (κ3) is 2.58. The molecule has 16 heavy (non-hydrogen) atoms. The first-order valence-corrected chi connectivity index (χ1v) is 6.82. The van der Waals surface area contributed by atoms with Gasteiger partial charge in [-0.2, -0.15) is 0 Å². The number of hydrogen-bond acceptors (Lipinski definition) is 3. The Morgan fingerprint density at radius 2 is 1.69 bits per heavy atom. The predicted octanol–water partition coefficient (Wildman–Crippen LogP) is 2.80. The molecule has 1 aliphatic rings. The van der Waals surface area contributed by atoms with Crippen LogP contribution in [0.1, 0.15) is 25.6 Å². The molecule has 2 heterocycles. The van der Waals surface area contributed by atoms with Crippen molar-refractivity contribution in [1.82, 2.24) is 4.90 Å². The molecule has 3 heteroatoms. The second-order valence-electron chi connectivity index (χ2n) is 5.68. The Kier molecular flexibility index (Phi) is 3.27. The van der Waals surface area contributed by atoms with Crippen LogP contribution in [0.25, 0.3) is 0 Å². The summed E-state index contributed by atoms with van der Waals surface area (Å²) in [6, 6.07) is 4.58. The van der Waals surface area contributed by atoms with Gasteiger partial charge in [0, 0.05) is 31.1 Å². The molecule has 0 unspecified atom stereocenters. The summed E-state index contributed by atoms with van der Waals surface area (Å²) in [6.45, 7) is 11.6. The van der Waals surface area contributed by atoms with Gasteiger partial charge in [-0.05, 0) is 24.6 Å². The van der Waals surface area contributed by atoms with Crippen LogP contribution in [-0.4, -0.2) is 38.1 Å². The van der Waals surface area contributed by atoms with Crippen LogP contribution >= 0.6 is 11.3 Å². The lowest BCUT2D eigenvalue weighted by atomic mass is 9.95. The minimum atomic E-state index is 0.287. The molecule has 1 aromatic heterocycles. The van der Waals surface area contributed by atoms with Gasteiger partial charge in [-0.1, -0.05) is 20.8 Å². The molecule has 2 rings (SSSR count). The lowest BCUT2D eigenvalue weighted by Gasteiger charge is -2.33. The van der Waals surface area contributed by atoms with E-state index in [1.54, 1.807) is 0 Å². The molecule has 0 amide bonds. The minimum absolute atomic E-state index is 0.287. The van der Waals surface area contributed by atoms with Gasteiger partial charge in [-0.25, -0.2) is 0 Å². The summed E-state index contributed by atoms with van der Waals surface area (Å²) in [5.74, 6) is 0. The summed E-state index contributed by atoms with van der Waals surface area (Å²) in [7, 11) is 2.20. The van der Waals surface area contributed by atoms with Crippen molar-refractivity contribution in [2.45, 2.75) is 26.2 Å². The summed E-state index contributed by atoms with van der Waals surface area (Å²) < 4.78 is 0. The largest absolute Gasteiger partial charge is 0.361 e. The van der Waals surface area contributed by atoms with E-state index < -0.39 is 0 Å². The SMILES string of the molecule is CN1CCN(c2ccc(C(C)(C)C)s2)CC1. The number of piperazine rings is 1. The maximum atomic E-state index is 2.51. The average Bonchev–Trinajstić information content (AvgIpc) is 2.67. The van der Waals surface area contributed by atoms with Crippen molar-refractivity contribution in [3.8, 4) is 0 Å². The molecule has 0 bridgehead atoms. The zero-order valence-corrected chi connectivity index (χ0v) is 11.6. The molecule has 0 N–H and O–H groups in total. The van der Waals surface area contributed by atoms with E-state index in [1.807, 2.05) is 11.3 Å². The molecule has 1 aliphatic heterocycles. The van der Waals surface area contributed by atoms with Gasteiger partial charge in [0.25, 0.3) is 0 Å². The zero-order chi connectivity index (χ0) is 11.8. The predicted molar refractivity (Wildman–Crippen MR) is 72.7 cm³/mol. The molecular weight excluding hydrogens is 216 g/mol. The lowest BCUT2D eigenvalue weighted by molar-refractivity contribution is 0.313. The topological polar surface area (TPSA) is 6.48 Å². The molecule has 90 valence electrons. The Labute approximate surface area is 103 Å². The first-order chi connectivity index (χ1) is 7.47. The Morgan fingerprint density at radius 3 is 2.19 bits per heavy atom. The maximum absolute atomic E-state index is 2.51. The van der Waals surface area contributed by atoms with Crippen molar-refractivity contribution in [2.24, 2.45) is 0 Å². The monoisotopic (exact) mass is 238 g/mol. The van der Waals surface area contributed by atoms with Crippen molar-refractivity contribution < 1.29 is 0 Å². The number of hydrogen-bond donors (Lipinski definition) is 0. The normalized spacial score (nSPS) is 19.1. The second-order valence-corrected chi connectivity index (χ2v) is 6.74. The number of thiophene rings is 1. The van der Waals surface area contributed by atoms with Crippen LogP contribution in [-0.2, 0) is 5.41 Å². The number of rotatable bonds is 1. The molecular formula is C13H22N2S. The van der Waals surface area contributed by atoms with E-state index in [4.69, 9.17) is 0 Å². The fourth-order valence-electron chi connectivity index (χ4n) is 1.93. The van der Waals surface area contributed by atoms with Crippen molar-refractivity contribution in [1.29, 1.82) is 0 Å². The number of anilines is 1. The fourth-order valence-corrected chi connectivity index (χ4v) is 3.04. The van der Waals surface area contributed by atoms with Crippen LogP contribution in [0.15, 0.2) is 12.1 Å². The van der Waals surface area contributed by atoms with E-state index in [0.717, 1.165) is 0 Å². The van der Waals surface area contributed by atoms with Gasteiger partial charge in [0.2, 0.25) is 0 Å². The Bertz CT molecular complexity index is 343. The summed E-state index contributed by atoms with van der Waals surface area (Å²) in [4.78, 5) is 6.40. The molecule has 0 aliphatic carbocycles. The molecule has 0 spiro atoms. The first-order valence-electron chi connectivity index (χ1n) is 6.00. The second kappa shape index (κ2) is 4.38. The van der Waals surface area contributed by atoms with Crippen molar-refractivity contribution in [2.75, 3.05) is 38.1 Å². The summed E-state index contributed by atoms with van der Waals surface area (Å²) in [5, 5.41) is 1.44. The molecule has 1 saturated heterocycles. The summed E-state index contributed by atoms with van der Waals surface area (Å²) >= 11 is 1.95. The van der Waals surface area contributed by atoms with Crippen LogP contribution in [0.4, 0.5) is 5.00 Å². The van der Waals surface area contributed by atoms with E-state index in [0.29, 0.717) is 0 Å². The highest BCUT2D eigenvalue weighted by Crippen LogP contribution is 2.34. The first kappa shape index (κ1) is 11.9. The lowest BCUT2D eigenvalue weighted by Crippen LogP contribution is -2.44. The maximum Gasteiger partial charge on any atom is 0.0912 e. The van der Waals surface area contributed by atoms with E-state index in [9.17, 15) is 0 Å². The summed E-state index contributed by atoms with van der Waals surface area (Å²) in [5.41, 5.74) is 0.287. The van der Waals surface area contributed by atoms with Crippen LogP contribution in [0.3, 0.4) is 0 Å². The highest BCUT2D eigenvalue weighted by Gasteiger charge is 2.20. The van der Waals surface area contributed by atoms with E-state index in [1.165, 1.54) is 36.1 Å². The highest BCUT2D eigenvalue weighted by molar-refractivity contribution is 7.16. The minimum Gasteiger partial charge on any atom is -0.361 e. The van der Waals surface area contributed by atoms with E-state index in [2.05, 4.69) is 49.8 Å². The van der Waals surface area contributed by atoms with Crippen molar-refractivity contribution in [3.63, 3.8) is 0 Å². The van der Waals surface area contributed by atoms with Gasteiger partial charge in [0.15, 0.2) is 0 Å². The molecule has 0 saturated carbocycles. The Morgan fingerprint density at radius 1 is 1.06 bits per heavy atom. The van der Waals surface area contributed by atoms with Gasteiger partial charge in [0.1, 0.15) is 0 Å². The van der Waals surface area contributed by atoms with Gasteiger partial charge < -0.3 is 9.80 Å². The fraction of sp³-hybridized carbons (Fsp3) is 0.692. The molecule has 0 aromatic carbocycles. The Balaban J connectivity index is 2.08. The Hall–Kier alpha value is -0.540. The highest BCUT2D eigenvalue weighted by atomic mass is 32.1. The van der Waals surface area contributed by atoms with E-state index in [-0.39, 0.29) is 5.41 Å². The van der Waals surface area contributed by atoms with Crippen molar-refractivity contribution >= 4 is 16.3 Å². The molecule has 0 radical (unpaired) electrons. The zero-order valence-electron chi connectivity index (χ0n) is 10.8. The molecule has 1 fully saturated rings. The van der Waals surface area contributed by atoms with Crippen LogP contribution < -0.4 is 4.90 Å². The third-order valence-electron chi connectivity index (χ3n) is 3.15. The van der Waals surface area contributed by atoms with Gasteiger partial charge in [0.05, 0.1) is 5.00 Å². The molecule has 1 aromatic rings. The smallest absolute Gasteiger partial charge is 0.0912 e. The van der Waals surface area contributed by atoms with Crippen molar-refractivity contribution in [3.05, 3.63) is 17.0 Å². The molecule has 0 atom stereocenters. The van der Waals surface area contributed by atoms with Crippen LogP contribution in [0, 0.1) is 0 Å². The standard InChI is InChI=1S/C13H22N2S/c1-13(2,3)11-5-6-12(16-11)15-9-7-14(4)8-10-15/h5-6H,7-10H2,1-4H3. The van der Waals surface area contributed by atoms with Crippen LogP contribution in [0.2, 0.25) is 0 Å². The van der Waals surface area contributed by atoms with Gasteiger partial charge in [-0.3, -0.25) is 0 Å². The number of nitrogens with zero attached hydrogens (tertiary/aromatic N) is 2. The average molecular weight is 238 g/mol. The van der Waals surface area contributed by atoms with Gasteiger partial charge in [-0.15, -0.1) is 11.3 Å². The third-order valence-corrected chi connectivity index (χ3v) is 4.72. The van der Waals surface area contributed by atoms with Gasteiger partial charge >= 0.3 is 0 Å². The molecule has 2 nitrogen and oxygen atoms in total. The quantitative estimate of drug-likeness (QED) is 0.742. The van der Waals surface area contributed by atoms with E-state index >= 15 is 0 Å². The summed E-state index contributed by atoms with van der Waals surface area (Å²) in [6.07, 6.45) is 0. The van der Waals surface area contributed by atoms with Crippen LogP contribution in [0.5, 0.6) is 0 Å².